The Kier molecular flexibility index (Phi) is 5.67. The first-order valence-corrected chi connectivity index (χ1v) is 5.85. The number of nitro groups is 1. The van der Waals surface area contributed by atoms with Crippen molar-refractivity contribution in [2.75, 3.05) is 32.2 Å². The third-order valence-electron chi connectivity index (χ3n) is 2.66. The fourth-order valence-electron chi connectivity index (χ4n) is 1.63. The standard InChI is InChI=1S/C13H16N2O5/c1-14(7-8-20-2)11-5-3-10(4-6-13(16)17)9-12(11)15(18)19/h3-6,9H,7-8H2,1-2H3,(H,16,17). The van der Waals surface area contributed by atoms with E-state index < -0.39 is 10.9 Å². The molecule has 0 unspecified atom stereocenters. The van der Waals surface area contributed by atoms with Crippen molar-refractivity contribution >= 4 is 23.4 Å². The molecule has 0 radical (unpaired) electrons. The molecule has 0 aromatic heterocycles. The van der Waals surface area contributed by atoms with Gasteiger partial charge in [0.25, 0.3) is 5.69 Å². The molecule has 0 bridgehead atoms. The molecule has 0 aliphatic rings. The first-order valence-electron chi connectivity index (χ1n) is 5.85. The smallest absolute Gasteiger partial charge is 0.328 e. The average molecular weight is 280 g/mol. The van der Waals surface area contributed by atoms with Gasteiger partial charge in [0.1, 0.15) is 5.69 Å². The van der Waals surface area contributed by atoms with Gasteiger partial charge in [0, 0.05) is 32.8 Å². The first-order chi connectivity index (χ1) is 9.45. The molecule has 7 nitrogen and oxygen atoms in total. The van der Waals surface area contributed by atoms with E-state index in [1.165, 1.54) is 12.1 Å². The third-order valence-corrected chi connectivity index (χ3v) is 2.66. The van der Waals surface area contributed by atoms with Gasteiger partial charge in [0.05, 0.1) is 11.5 Å². The Morgan fingerprint density at radius 2 is 2.25 bits per heavy atom. The van der Waals surface area contributed by atoms with Crippen molar-refractivity contribution in [1.82, 2.24) is 0 Å². The van der Waals surface area contributed by atoms with Gasteiger partial charge in [0.2, 0.25) is 0 Å². The number of anilines is 1. The Balaban J connectivity index is 3.07. The molecule has 0 amide bonds. The maximum Gasteiger partial charge on any atom is 0.328 e. The van der Waals surface area contributed by atoms with E-state index in [-0.39, 0.29) is 5.69 Å². The average Bonchev–Trinajstić information content (AvgIpc) is 2.42. The highest BCUT2D eigenvalue weighted by Gasteiger charge is 2.17. The van der Waals surface area contributed by atoms with Gasteiger partial charge in [-0.3, -0.25) is 10.1 Å². The summed E-state index contributed by atoms with van der Waals surface area (Å²) in [5, 5.41) is 19.6. The highest BCUT2D eigenvalue weighted by Crippen LogP contribution is 2.28. The highest BCUT2D eigenvalue weighted by molar-refractivity contribution is 5.85. The molecule has 0 aliphatic carbocycles. The summed E-state index contributed by atoms with van der Waals surface area (Å²) in [4.78, 5) is 22.8. The molecule has 20 heavy (non-hydrogen) atoms. The summed E-state index contributed by atoms with van der Waals surface area (Å²) in [6.07, 6.45) is 2.25. The Morgan fingerprint density at radius 1 is 1.55 bits per heavy atom. The number of nitro benzene ring substituents is 1. The number of hydrogen-bond acceptors (Lipinski definition) is 5. The molecule has 1 rings (SSSR count). The van der Waals surface area contributed by atoms with Crippen LogP contribution in [0.4, 0.5) is 11.4 Å². The summed E-state index contributed by atoms with van der Waals surface area (Å²) in [6, 6.07) is 4.57. The molecule has 0 fully saturated rings. The van der Waals surface area contributed by atoms with E-state index in [1.807, 2.05) is 0 Å². The van der Waals surface area contributed by atoms with E-state index in [4.69, 9.17) is 9.84 Å². The van der Waals surface area contributed by atoms with Crippen LogP contribution in [-0.2, 0) is 9.53 Å². The molecular weight excluding hydrogens is 264 g/mol. The lowest BCUT2D eigenvalue weighted by atomic mass is 10.1. The van der Waals surface area contributed by atoms with Crippen LogP contribution < -0.4 is 4.90 Å². The lowest BCUT2D eigenvalue weighted by molar-refractivity contribution is -0.384. The molecule has 1 N–H and O–H groups in total. The van der Waals surface area contributed by atoms with E-state index >= 15 is 0 Å². The molecule has 0 atom stereocenters. The van der Waals surface area contributed by atoms with Crippen LogP contribution in [0, 0.1) is 10.1 Å². The van der Waals surface area contributed by atoms with Gasteiger partial charge in [-0.2, -0.15) is 0 Å². The second kappa shape index (κ2) is 7.25. The quantitative estimate of drug-likeness (QED) is 0.465. The molecule has 0 aliphatic heterocycles. The fraction of sp³-hybridized carbons (Fsp3) is 0.308. The number of ether oxygens (including phenoxy) is 1. The van der Waals surface area contributed by atoms with Crippen molar-refractivity contribution in [2.45, 2.75) is 0 Å². The number of aliphatic carboxylic acids is 1. The molecule has 1 aromatic carbocycles. The van der Waals surface area contributed by atoms with E-state index in [0.717, 1.165) is 6.08 Å². The second-order valence-corrected chi connectivity index (χ2v) is 4.09. The minimum atomic E-state index is -1.10. The maximum atomic E-state index is 11.1. The van der Waals surface area contributed by atoms with E-state index in [9.17, 15) is 14.9 Å². The number of likely N-dealkylation sites (N-methyl/N-ethyl adjacent to an activating group) is 1. The molecule has 0 saturated heterocycles. The number of methoxy groups -OCH3 is 1. The van der Waals surface area contributed by atoms with Gasteiger partial charge >= 0.3 is 5.97 Å². The zero-order valence-electron chi connectivity index (χ0n) is 11.3. The minimum absolute atomic E-state index is 0.0730. The van der Waals surface area contributed by atoms with Crippen LogP contribution >= 0.6 is 0 Å². The fourth-order valence-corrected chi connectivity index (χ4v) is 1.63. The number of carboxylic acid groups (broad SMARTS) is 1. The summed E-state index contributed by atoms with van der Waals surface area (Å²) >= 11 is 0. The molecule has 0 heterocycles. The van der Waals surface area contributed by atoms with Gasteiger partial charge < -0.3 is 14.7 Å². The van der Waals surface area contributed by atoms with Gasteiger partial charge in [-0.25, -0.2) is 4.79 Å². The largest absolute Gasteiger partial charge is 0.478 e. The summed E-state index contributed by atoms with van der Waals surface area (Å²) in [5.74, 6) is -1.10. The van der Waals surface area contributed by atoms with E-state index in [1.54, 1.807) is 31.2 Å². The Labute approximate surface area is 116 Å². The van der Waals surface area contributed by atoms with Gasteiger partial charge in [0.15, 0.2) is 0 Å². The minimum Gasteiger partial charge on any atom is -0.478 e. The number of carbonyl (C=O) groups is 1. The number of carboxylic acids is 1. The topological polar surface area (TPSA) is 92.9 Å². The van der Waals surface area contributed by atoms with E-state index in [2.05, 4.69) is 0 Å². The zero-order chi connectivity index (χ0) is 15.1. The summed E-state index contributed by atoms with van der Waals surface area (Å²) in [5.41, 5.74) is 0.846. The van der Waals surface area contributed by atoms with Crippen LogP contribution in [0.3, 0.4) is 0 Å². The van der Waals surface area contributed by atoms with Crippen molar-refractivity contribution in [3.05, 3.63) is 40.0 Å². The molecular formula is C13H16N2O5. The number of rotatable bonds is 7. The van der Waals surface area contributed by atoms with Gasteiger partial charge in [-0.15, -0.1) is 0 Å². The van der Waals surface area contributed by atoms with Crippen molar-refractivity contribution in [2.24, 2.45) is 0 Å². The Hall–Kier alpha value is -2.41. The molecule has 108 valence electrons. The van der Waals surface area contributed by atoms with Gasteiger partial charge in [-0.05, 0) is 17.7 Å². The zero-order valence-corrected chi connectivity index (χ0v) is 11.3. The lowest BCUT2D eigenvalue weighted by Crippen LogP contribution is -2.22. The molecule has 1 aromatic rings. The summed E-state index contributed by atoms with van der Waals surface area (Å²) < 4.78 is 4.94. The van der Waals surface area contributed by atoms with Crippen molar-refractivity contribution in [1.29, 1.82) is 0 Å². The predicted molar refractivity (Wildman–Crippen MR) is 74.9 cm³/mol. The third kappa shape index (κ3) is 4.36. The van der Waals surface area contributed by atoms with Crippen LogP contribution in [0.15, 0.2) is 24.3 Å². The lowest BCUT2D eigenvalue weighted by Gasteiger charge is -2.18. The molecule has 7 heteroatoms. The normalized spacial score (nSPS) is 10.7. The van der Waals surface area contributed by atoms with Crippen LogP contribution in [0.1, 0.15) is 5.56 Å². The first kappa shape index (κ1) is 15.6. The van der Waals surface area contributed by atoms with Crippen molar-refractivity contribution in [3.63, 3.8) is 0 Å². The van der Waals surface area contributed by atoms with Gasteiger partial charge in [-0.1, -0.05) is 6.07 Å². The Morgan fingerprint density at radius 3 is 2.80 bits per heavy atom. The summed E-state index contributed by atoms with van der Waals surface area (Å²) in [6.45, 7) is 0.968. The van der Waals surface area contributed by atoms with Crippen molar-refractivity contribution < 1.29 is 19.6 Å². The molecule has 0 spiro atoms. The predicted octanol–water partition coefficient (Wildman–Crippen LogP) is 1.78. The van der Waals surface area contributed by atoms with E-state index in [0.29, 0.717) is 24.4 Å². The number of benzene rings is 1. The maximum absolute atomic E-state index is 11.1. The molecule has 0 saturated carbocycles. The van der Waals surface area contributed by atoms with Crippen LogP contribution in [0.5, 0.6) is 0 Å². The summed E-state index contributed by atoms with van der Waals surface area (Å²) in [7, 11) is 3.29. The SMILES string of the molecule is COCCN(C)c1ccc(C=CC(=O)O)cc1[N+](=O)[O-]. The van der Waals surface area contributed by atoms with Crippen LogP contribution in [-0.4, -0.2) is 43.3 Å². The monoisotopic (exact) mass is 280 g/mol. The second-order valence-electron chi connectivity index (χ2n) is 4.09. The highest BCUT2D eigenvalue weighted by atomic mass is 16.6. The van der Waals surface area contributed by atoms with Crippen molar-refractivity contribution in [3.8, 4) is 0 Å². The van der Waals surface area contributed by atoms with Crippen LogP contribution in [0.25, 0.3) is 6.08 Å². The van der Waals surface area contributed by atoms with Crippen LogP contribution in [0.2, 0.25) is 0 Å². The number of hydrogen-bond donors (Lipinski definition) is 1. The Bertz CT molecular complexity index is 527. The number of nitrogens with zero attached hydrogens (tertiary/aromatic N) is 2.